The molecule has 0 spiro atoms. The van der Waals surface area contributed by atoms with Gasteiger partial charge in [-0.15, -0.1) is 45.3 Å². The van der Waals surface area contributed by atoms with Crippen molar-refractivity contribution in [2.75, 3.05) is 14.2 Å². The molecule has 4 aromatic heterocycles. The first-order valence-electron chi connectivity index (χ1n) is 10.5. The number of ether oxygens (including phenoxy) is 2. The third kappa shape index (κ3) is 7.32. The highest BCUT2D eigenvalue weighted by atomic mass is 32.1. The Morgan fingerprint density at radius 1 is 0.757 bits per heavy atom. The van der Waals surface area contributed by atoms with E-state index in [2.05, 4.69) is 19.9 Å². The summed E-state index contributed by atoms with van der Waals surface area (Å²) in [7, 11) is 2.65. The van der Waals surface area contributed by atoms with Gasteiger partial charge in [0.1, 0.15) is 6.29 Å². The monoisotopic (exact) mass is 574 g/mol. The number of carbonyl (C=O) groups is 3. The molecule has 0 fully saturated rings. The quantitative estimate of drug-likeness (QED) is 0.146. The van der Waals surface area contributed by atoms with Gasteiger partial charge >= 0.3 is 11.9 Å². The maximum Gasteiger partial charge on any atom is 0.358 e. The van der Waals surface area contributed by atoms with E-state index >= 15 is 0 Å². The van der Waals surface area contributed by atoms with Gasteiger partial charge in [-0.05, 0) is 38.5 Å². The van der Waals surface area contributed by atoms with Crippen LogP contribution < -0.4 is 0 Å². The Morgan fingerprint density at radius 2 is 1.22 bits per heavy atom. The first kappa shape index (κ1) is 28.2. The van der Waals surface area contributed by atoms with E-state index in [0.29, 0.717) is 21.2 Å². The van der Waals surface area contributed by atoms with Crippen LogP contribution in [0.2, 0.25) is 0 Å². The summed E-state index contributed by atoms with van der Waals surface area (Å²) in [4.78, 5) is 52.4. The van der Waals surface area contributed by atoms with Crippen LogP contribution in [0.25, 0.3) is 32.2 Å². The molecule has 0 atom stereocenters. The average Bonchev–Trinajstić information content (AvgIpc) is 3.69. The van der Waals surface area contributed by atoms with E-state index < -0.39 is 11.9 Å². The molecule has 4 rings (SSSR count). The average molecular weight is 575 g/mol. The van der Waals surface area contributed by atoms with E-state index in [1.807, 2.05) is 30.7 Å². The summed E-state index contributed by atoms with van der Waals surface area (Å²) in [6.07, 6.45) is 7.67. The number of allylic oxidation sites excluding steroid dienone is 2. The summed E-state index contributed by atoms with van der Waals surface area (Å²) in [6.45, 7) is 5.62. The molecular formula is C24H22N4O5S4. The van der Waals surface area contributed by atoms with E-state index in [1.54, 1.807) is 25.4 Å². The third-order valence-electron chi connectivity index (χ3n) is 4.26. The van der Waals surface area contributed by atoms with Crippen LogP contribution in [0.4, 0.5) is 0 Å². The van der Waals surface area contributed by atoms with Crippen LogP contribution in [0.3, 0.4) is 0 Å². The molecule has 0 bridgehead atoms. The van der Waals surface area contributed by atoms with Crippen molar-refractivity contribution in [1.29, 1.82) is 0 Å². The Kier molecular flexibility index (Phi) is 10.1. The molecule has 9 nitrogen and oxygen atoms in total. The highest BCUT2D eigenvalue weighted by Gasteiger charge is 2.20. The van der Waals surface area contributed by atoms with Crippen molar-refractivity contribution in [3.05, 3.63) is 55.4 Å². The summed E-state index contributed by atoms with van der Waals surface area (Å²) < 4.78 is 9.44. The molecule has 0 aliphatic rings. The smallest absolute Gasteiger partial charge is 0.358 e. The summed E-state index contributed by atoms with van der Waals surface area (Å²) in [5.74, 6) is -0.939. The van der Waals surface area contributed by atoms with E-state index in [0.717, 1.165) is 31.8 Å². The normalized spacial score (nSPS) is 10.8. The number of rotatable bonds is 7. The molecule has 4 heterocycles. The Hall–Kier alpha value is -3.39. The minimum atomic E-state index is -0.524. The number of carbonyl (C=O) groups excluding carboxylic acids is 3. The molecule has 4 aromatic rings. The van der Waals surface area contributed by atoms with Crippen LogP contribution in [0, 0.1) is 0 Å². The zero-order valence-corrected chi connectivity index (χ0v) is 23.8. The molecule has 0 unspecified atom stereocenters. The Bertz CT molecular complexity index is 1430. The van der Waals surface area contributed by atoms with Crippen molar-refractivity contribution < 1.29 is 23.9 Å². The number of nitrogens with zero attached hydrogens (tertiary/aromatic N) is 4. The topological polar surface area (TPSA) is 121 Å². The van der Waals surface area contributed by atoms with Crippen LogP contribution >= 0.6 is 45.3 Å². The second-order valence-electron chi connectivity index (χ2n) is 7.35. The van der Waals surface area contributed by atoms with E-state index in [4.69, 9.17) is 9.47 Å². The van der Waals surface area contributed by atoms with Crippen molar-refractivity contribution in [2.24, 2.45) is 0 Å². The summed E-state index contributed by atoms with van der Waals surface area (Å²) in [6, 6.07) is 0. The predicted octanol–water partition coefficient (Wildman–Crippen LogP) is 6.13. The van der Waals surface area contributed by atoms with Gasteiger partial charge in [-0.1, -0.05) is 5.57 Å². The molecular weight excluding hydrogens is 553 g/mol. The standard InChI is InChI=1S/C12H10N2O3S2.C12H12N2O2S2/c1-7(6-15)5-8-9(12(16)17-2)14-11(19-8)10-13-3-4-18-10;1-7(2)6-8-9(12(15)16-3)14-11(18-8)10-13-4-5-17-10/h3-6H,1-2H3;4-6H,1-3H3/b7-5+;. The van der Waals surface area contributed by atoms with Gasteiger partial charge in [0.25, 0.3) is 0 Å². The van der Waals surface area contributed by atoms with Crippen molar-refractivity contribution in [3.63, 3.8) is 0 Å². The molecule has 0 N–H and O–H groups in total. The van der Waals surface area contributed by atoms with Crippen molar-refractivity contribution in [2.45, 2.75) is 20.8 Å². The van der Waals surface area contributed by atoms with Crippen LogP contribution in [0.1, 0.15) is 51.5 Å². The van der Waals surface area contributed by atoms with Gasteiger partial charge < -0.3 is 9.47 Å². The SMILES string of the molecule is COC(=O)c1nc(-c2nccs2)sc1/C=C(\C)C=O.COC(=O)c1nc(-c2nccs2)sc1C=C(C)C. The molecule has 0 aliphatic carbocycles. The van der Waals surface area contributed by atoms with E-state index in [9.17, 15) is 14.4 Å². The van der Waals surface area contributed by atoms with E-state index in [-0.39, 0.29) is 5.69 Å². The zero-order valence-electron chi connectivity index (χ0n) is 20.5. The molecule has 37 heavy (non-hydrogen) atoms. The van der Waals surface area contributed by atoms with Gasteiger partial charge in [-0.25, -0.2) is 29.5 Å². The fraction of sp³-hybridized carbons (Fsp3) is 0.208. The number of hydrogen-bond donors (Lipinski definition) is 0. The number of esters is 2. The maximum atomic E-state index is 11.7. The Balaban J connectivity index is 0.000000206. The molecule has 0 aromatic carbocycles. The number of methoxy groups -OCH3 is 2. The fourth-order valence-electron chi connectivity index (χ4n) is 2.69. The van der Waals surface area contributed by atoms with Crippen molar-refractivity contribution in [1.82, 2.24) is 19.9 Å². The van der Waals surface area contributed by atoms with E-state index in [1.165, 1.54) is 59.6 Å². The highest BCUT2D eigenvalue weighted by molar-refractivity contribution is 7.21. The predicted molar refractivity (Wildman–Crippen MR) is 148 cm³/mol. The second-order valence-corrected chi connectivity index (χ2v) is 11.2. The lowest BCUT2D eigenvalue weighted by Gasteiger charge is -1.95. The van der Waals surface area contributed by atoms with Crippen LogP contribution in [0.15, 0.2) is 34.3 Å². The Morgan fingerprint density at radius 3 is 1.57 bits per heavy atom. The van der Waals surface area contributed by atoms with Crippen molar-refractivity contribution in [3.8, 4) is 20.0 Å². The third-order valence-corrected chi connectivity index (χ3v) is 8.10. The summed E-state index contributed by atoms with van der Waals surface area (Å²) >= 11 is 5.69. The lowest BCUT2D eigenvalue weighted by molar-refractivity contribution is -0.104. The van der Waals surface area contributed by atoms with Gasteiger partial charge in [-0.2, -0.15) is 0 Å². The van der Waals surface area contributed by atoms with Gasteiger partial charge in [0.2, 0.25) is 0 Å². The number of hydrogen-bond acceptors (Lipinski definition) is 13. The molecule has 192 valence electrons. The second kappa shape index (κ2) is 13.2. The van der Waals surface area contributed by atoms with Gasteiger partial charge in [-0.3, -0.25) is 4.79 Å². The van der Waals surface area contributed by atoms with Gasteiger partial charge in [0, 0.05) is 23.2 Å². The molecule has 0 amide bonds. The van der Waals surface area contributed by atoms with Crippen LogP contribution in [-0.2, 0) is 14.3 Å². The van der Waals surface area contributed by atoms with Gasteiger partial charge in [0.15, 0.2) is 31.4 Å². The largest absolute Gasteiger partial charge is 0.464 e. The molecule has 0 aliphatic heterocycles. The first-order chi connectivity index (χ1) is 17.8. The first-order valence-corrected chi connectivity index (χ1v) is 13.9. The van der Waals surface area contributed by atoms with Gasteiger partial charge in [0.05, 0.1) is 24.0 Å². The minimum absolute atomic E-state index is 0.207. The maximum absolute atomic E-state index is 11.7. The molecule has 13 heteroatoms. The summed E-state index contributed by atoms with van der Waals surface area (Å²) in [5, 5.41) is 6.66. The highest BCUT2D eigenvalue weighted by Crippen LogP contribution is 2.32. The zero-order chi connectivity index (χ0) is 26.9. The van der Waals surface area contributed by atoms with Crippen LogP contribution in [-0.4, -0.2) is 52.4 Å². The van der Waals surface area contributed by atoms with Crippen LogP contribution in [0.5, 0.6) is 0 Å². The lowest BCUT2D eigenvalue weighted by Crippen LogP contribution is -2.03. The minimum Gasteiger partial charge on any atom is -0.464 e. The number of thiazole rings is 4. The fourth-order valence-corrected chi connectivity index (χ4v) is 6.23. The number of aromatic nitrogens is 4. The molecule has 0 saturated carbocycles. The molecule has 0 saturated heterocycles. The molecule has 0 radical (unpaired) electrons. The van der Waals surface area contributed by atoms with Crippen molar-refractivity contribution >= 4 is 75.7 Å². The Labute approximate surface area is 229 Å². The number of aldehydes is 1. The summed E-state index contributed by atoms with van der Waals surface area (Å²) in [5.41, 5.74) is 2.18. The lowest BCUT2D eigenvalue weighted by atomic mass is 10.2.